The number of nitrogen functional groups attached to an aromatic ring is 1. The molecule has 0 bridgehead atoms. The third-order valence-electron chi connectivity index (χ3n) is 2.48. The average molecular weight is 296 g/mol. The number of rotatable bonds is 4. The lowest BCUT2D eigenvalue weighted by Gasteiger charge is -2.09. The van der Waals surface area contributed by atoms with Crippen molar-refractivity contribution < 1.29 is 4.74 Å². The molecular weight excluding hydrogens is 282 g/mol. The predicted octanol–water partition coefficient (Wildman–Crippen LogP) is 2.39. The number of aryl methyl sites for hydroxylation is 1. The quantitative estimate of drug-likeness (QED) is 0.881. The number of nitrogens with two attached hydrogens (primary N) is 1. The molecule has 0 unspecified atom stereocenters. The molecule has 1 heterocycles. The molecule has 0 spiro atoms. The summed E-state index contributed by atoms with van der Waals surface area (Å²) in [5.74, 6) is 1.71. The second-order valence-corrected chi connectivity index (χ2v) is 4.65. The van der Waals surface area contributed by atoms with E-state index in [1.807, 2.05) is 36.0 Å². The highest BCUT2D eigenvalue weighted by atomic mass is 79.9. The van der Waals surface area contributed by atoms with Crippen molar-refractivity contribution in [3.05, 3.63) is 40.9 Å². The molecule has 0 aliphatic carbocycles. The van der Waals surface area contributed by atoms with Gasteiger partial charge < -0.3 is 15.0 Å². The van der Waals surface area contributed by atoms with Gasteiger partial charge >= 0.3 is 0 Å². The molecule has 0 saturated carbocycles. The monoisotopic (exact) mass is 295 g/mol. The van der Waals surface area contributed by atoms with E-state index in [1.165, 1.54) is 0 Å². The summed E-state index contributed by atoms with van der Waals surface area (Å²) in [6.07, 6.45) is 4.46. The second-order valence-electron chi connectivity index (χ2n) is 3.73. The summed E-state index contributed by atoms with van der Waals surface area (Å²) in [7, 11) is 1.97. The van der Waals surface area contributed by atoms with Crippen LogP contribution in [0.3, 0.4) is 0 Å². The summed E-state index contributed by atoms with van der Waals surface area (Å²) in [6.45, 7) is 0.566. The number of hydrogen-bond donors (Lipinski definition) is 1. The van der Waals surface area contributed by atoms with Gasteiger partial charge in [-0.25, -0.2) is 4.98 Å². The standard InChI is InChI=1S/C12H14BrN3O/c1-16-6-5-15-12(16)4-7-17-11-3-2-9(13)8-10(11)14/h2-3,5-6,8H,4,7,14H2,1H3. The van der Waals surface area contributed by atoms with Crippen molar-refractivity contribution in [3.8, 4) is 5.75 Å². The third-order valence-corrected chi connectivity index (χ3v) is 2.97. The fraction of sp³-hybridized carbons (Fsp3) is 0.250. The van der Waals surface area contributed by atoms with Crippen LogP contribution >= 0.6 is 15.9 Å². The van der Waals surface area contributed by atoms with Gasteiger partial charge in [0.1, 0.15) is 11.6 Å². The Hall–Kier alpha value is -1.49. The SMILES string of the molecule is Cn1ccnc1CCOc1ccc(Br)cc1N. The van der Waals surface area contributed by atoms with Crippen LogP contribution in [-0.4, -0.2) is 16.2 Å². The molecule has 2 rings (SSSR count). The Kier molecular flexibility index (Phi) is 3.68. The summed E-state index contributed by atoms with van der Waals surface area (Å²) in [5.41, 5.74) is 6.47. The van der Waals surface area contributed by atoms with Gasteiger partial charge in [-0.05, 0) is 18.2 Å². The van der Waals surface area contributed by atoms with Gasteiger partial charge in [0.25, 0.3) is 0 Å². The smallest absolute Gasteiger partial charge is 0.142 e. The maximum Gasteiger partial charge on any atom is 0.142 e. The topological polar surface area (TPSA) is 53.1 Å². The molecule has 0 aliphatic heterocycles. The van der Waals surface area contributed by atoms with Crippen molar-refractivity contribution in [2.24, 2.45) is 7.05 Å². The number of halogens is 1. The molecule has 90 valence electrons. The maximum atomic E-state index is 5.83. The Morgan fingerprint density at radius 2 is 2.29 bits per heavy atom. The molecule has 4 nitrogen and oxygen atoms in total. The van der Waals surface area contributed by atoms with Crippen LogP contribution in [0.2, 0.25) is 0 Å². The minimum atomic E-state index is 0.566. The first-order valence-electron chi connectivity index (χ1n) is 5.31. The second kappa shape index (κ2) is 5.23. The lowest BCUT2D eigenvalue weighted by atomic mass is 10.3. The van der Waals surface area contributed by atoms with Gasteiger partial charge in [0.15, 0.2) is 0 Å². The van der Waals surface area contributed by atoms with Crippen molar-refractivity contribution in [2.45, 2.75) is 6.42 Å². The van der Waals surface area contributed by atoms with Gasteiger partial charge in [-0.2, -0.15) is 0 Å². The van der Waals surface area contributed by atoms with Gasteiger partial charge in [-0.3, -0.25) is 0 Å². The lowest BCUT2D eigenvalue weighted by Crippen LogP contribution is -2.07. The Morgan fingerprint density at radius 1 is 1.47 bits per heavy atom. The Balaban J connectivity index is 1.92. The van der Waals surface area contributed by atoms with Crippen molar-refractivity contribution >= 4 is 21.6 Å². The zero-order valence-electron chi connectivity index (χ0n) is 9.56. The Labute approximate surface area is 109 Å². The molecule has 2 aromatic rings. The molecule has 1 aromatic carbocycles. The molecule has 0 radical (unpaired) electrons. The molecule has 1 aromatic heterocycles. The van der Waals surface area contributed by atoms with E-state index in [4.69, 9.17) is 10.5 Å². The van der Waals surface area contributed by atoms with Gasteiger partial charge in [0.2, 0.25) is 0 Å². The summed E-state index contributed by atoms with van der Waals surface area (Å²) >= 11 is 3.36. The lowest BCUT2D eigenvalue weighted by molar-refractivity contribution is 0.319. The number of anilines is 1. The van der Waals surface area contributed by atoms with E-state index in [0.717, 1.165) is 16.7 Å². The fourth-order valence-corrected chi connectivity index (χ4v) is 1.92. The summed E-state index contributed by atoms with van der Waals surface area (Å²) in [6, 6.07) is 5.60. The summed E-state index contributed by atoms with van der Waals surface area (Å²) in [5, 5.41) is 0. The zero-order chi connectivity index (χ0) is 12.3. The predicted molar refractivity (Wildman–Crippen MR) is 71.0 cm³/mol. The largest absolute Gasteiger partial charge is 0.491 e. The van der Waals surface area contributed by atoms with E-state index in [-0.39, 0.29) is 0 Å². The highest BCUT2D eigenvalue weighted by molar-refractivity contribution is 9.10. The van der Waals surface area contributed by atoms with Crippen molar-refractivity contribution in [1.82, 2.24) is 9.55 Å². The molecular formula is C12H14BrN3O. The maximum absolute atomic E-state index is 5.83. The number of imidazole rings is 1. The van der Waals surface area contributed by atoms with Crippen LogP contribution in [0.4, 0.5) is 5.69 Å². The minimum Gasteiger partial charge on any atom is -0.491 e. The average Bonchev–Trinajstić information content (AvgIpc) is 2.68. The van der Waals surface area contributed by atoms with Gasteiger partial charge in [-0.1, -0.05) is 15.9 Å². The van der Waals surface area contributed by atoms with Crippen LogP contribution in [0.15, 0.2) is 35.1 Å². The van der Waals surface area contributed by atoms with E-state index in [9.17, 15) is 0 Å². The van der Waals surface area contributed by atoms with Gasteiger partial charge in [0.05, 0.1) is 12.3 Å². The summed E-state index contributed by atoms with van der Waals surface area (Å²) < 4.78 is 8.55. The number of aromatic nitrogens is 2. The van der Waals surface area contributed by atoms with E-state index in [2.05, 4.69) is 20.9 Å². The fourth-order valence-electron chi connectivity index (χ4n) is 1.54. The number of nitrogens with zero attached hydrogens (tertiary/aromatic N) is 2. The number of ether oxygens (including phenoxy) is 1. The molecule has 2 N–H and O–H groups in total. The van der Waals surface area contributed by atoms with E-state index in [0.29, 0.717) is 18.0 Å². The van der Waals surface area contributed by atoms with E-state index >= 15 is 0 Å². The summed E-state index contributed by atoms with van der Waals surface area (Å²) in [4.78, 5) is 4.23. The Morgan fingerprint density at radius 3 is 2.94 bits per heavy atom. The third kappa shape index (κ3) is 3.00. The highest BCUT2D eigenvalue weighted by Gasteiger charge is 2.03. The first-order chi connectivity index (χ1) is 8.16. The van der Waals surface area contributed by atoms with Crippen LogP contribution in [0.1, 0.15) is 5.82 Å². The molecule has 0 saturated heterocycles. The molecule has 0 aliphatic rings. The van der Waals surface area contributed by atoms with Crippen molar-refractivity contribution in [2.75, 3.05) is 12.3 Å². The molecule has 0 amide bonds. The van der Waals surface area contributed by atoms with Crippen LogP contribution in [0.25, 0.3) is 0 Å². The molecule has 0 atom stereocenters. The van der Waals surface area contributed by atoms with Crippen LogP contribution in [-0.2, 0) is 13.5 Å². The number of hydrogen-bond acceptors (Lipinski definition) is 3. The molecule has 17 heavy (non-hydrogen) atoms. The van der Waals surface area contributed by atoms with E-state index < -0.39 is 0 Å². The Bertz CT molecular complexity index is 510. The van der Waals surface area contributed by atoms with Gasteiger partial charge in [-0.15, -0.1) is 0 Å². The minimum absolute atomic E-state index is 0.566. The molecule has 0 fully saturated rings. The van der Waals surface area contributed by atoms with Crippen molar-refractivity contribution in [1.29, 1.82) is 0 Å². The van der Waals surface area contributed by atoms with Crippen molar-refractivity contribution in [3.63, 3.8) is 0 Å². The first kappa shape index (κ1) is 12.0. The highest BCUT2D eigenvalue weighted by Crippen LogP contribution is 2.25. The number of benzene rings is 1. The molecule has 5 heteroatoms. The zero-order valence-corrected chi connectivity index (χ0v) is 11.1. The van der Waals surface area contributed by atoms with Crippen LogP contribution in [0, 0.1) is 0 Å². The first-order valence-corrected chi connectivity index (χ1v) is 6.10. The van der Waals surface area contributed by atoms with Gasteiger partial charge in [0, 0.05) is 30.3 Å². The van der Waals surface area contributed by atoms with Crippen LogP contribution < -0.4 is 10.5 Å². The normalized spacial score (nSPS) is 10.5. The van der Waals surface area contributed by atoms with E-state index in [1.54, 1.807) is 6.20 Å². The van der Waals surface area contributed by atoms with Crippen LogP contribution in [0.5, 0.6) is 5.75 Å².